The summed E-state index contributed by atoms with van der Waals surface area (Å²) >= 11 is 0. The zero-order chi connectivity index (χ0) is 31.4. The van der Waals surface area contributed by atoms with Gasteiger partial charge in [0.15, 0.2) is 10.8 Å². The monoisotopic (exact) mass is 634 g/mol. The molecule has 3 unspecified atom stereocenters. The largest absolute Gasteiger partial charge is 0.417 e. The van der Waals surface area contributed by atoms with Crippen LogP contribution in [0.4, 0.5) is 26.3 Å². The summed E-state index contributed by atoms with van der Waals surface area (Å²) in [7, 11) is -0.393. The first-order chi connectivity index (χ1) is 20.9. The van der Waals surface area contributed by atoms with Gasteiger partial charge < -0.3 is 0 Å². The number of alkyl halides is 5. The molecule has 15 heteroatoms. The Hall–Kier alpha value is -4.11. The van der Waals surface area contributed by atoms with Gasteiger partial charge in [-0.3, -0.25) is 9.78 Å². The molecule has 0 amide bonds. The molecule has 1 saturated carbocycles. The molecule has 2 aliphatic carbocycles. The number of carbonyl (C=O) groups is 1. The van der Waals surface area contributed by atoms with Crippen molar-refractivity contribution in [3.8, 4) is 5.69 Å². The lowest BCUT2D eigenvalue weighted by atomic mass is 9.60. The summed E-state index contributed by atoms with van der Waals surface area (Å²) in [5.74, 6) is -0.911. The molecular weight excluding hydrogens is 610 g/mol. The number of aromatic nitrogens is 5. The van der Waals surface area contributed by atoms with Crippen molar-refractivity contribution >= 4 is 22.8 Å². The minimum Gasteiger partial charge on any atom is -0.291 e. The lowest BCUT2D eigenvalue weighted by molar-refractivity contribution is -0.137. The molecule has 0 aliphatic heterocycles. The van der Waals surface area contributed by atoms with Gasteiger partial charge in [0, 0.05) is 25.5 Å². The molecule has 0 spiro atoms. The number of nitrogens with zero attached hydrogens (tertiary/aromatic N) is 6. The number of Topliss-reactive ketones (excluding diaryl/α,β-unsaturated/α-hetero) is 1. The van der Waals surface area contributed by atoms with Crippen LogP contribution in [0.5, 0.6) is 0 Å². The Balaban J connectivity index is 1.38. The van der Waals surface area contributed by atoms with E-state index in [0.717, 1.165) is 18.3 Å². The molecule has 4 aromatic rings. The first kappa shape index (κ1) is 29.9. The Kier molecular flexibility index (Phi) is 7.56. The average Bonchev–Trinajstić information content (AvgIpc) is 3.66. The molecular formula is C29H24F6N6O2S. The summed E-state index contributed by atoms with van der Waals surface area (Å²) in [6, 6.07) is 8.34. The molecule has 44 heavy (non-hydrogen) atoms. The Morgan fingerprint density at radius 2 is 1.86 bits per heavy atom. The second-order valence-corrected chi connectivity index (χ2v) is 12.2. The van der Waals surface area contributed by atoms with Crippen LogP contribution in [0.3, 0.4) is 0 Å². The Bertz CT molecular complexity index is 1770. The van der Waals surface area contributed by atoms with Crippen LogP contribution in [0.15, 0.2) is 71.7 Å². The standard InChI is InChI=1S/C29H24F6N6O2S/c1-39(44(43)25-10-11-40(38-25)27(31)32)22-6-2-18-12-24-17(15-37-41(24)21-7-4-20(30)5-8-21)13-28(18,14-22)26(42)23-9-3-19(16-36-23)29(33,34)35/h3-5,7-12,15-16,22,27H,2,6,13-14H2,1H3. The summed E-state index contributed by atoms with van der Waals surface area (Å²) in [5.41, 5.74) is 0.256. The molecule has 230 valence electrons. The molecule has 3 heterocycles. The quantitative estimate of drug-likeness (QED) is 0.183. The van der Waals surface area contributed by atoms with Gasteiger partial charge >= 0.3 is 12.7 Å². The fraction of sp³-hybridized carbons (Fsp3) is 0.310. The predicted octanol–water partition coefficient (Wildman–Crippen LogP) is 6.03. The average molecular weight is 635 g/mol. The van der Waals surface area contributed by atoms with Gasteiger partial charge in [0.1, 0.15) is 22.5 Å². The van der Waals surface area contributed by atoms with Gasteiger partial charge in [-0.15, -0.1) is 0 Å². The highest BCUT2D eigenvalue weighted by atomic mass is 32.2. The highest BCUT2D eigenvalue weighted by Gasteiger charge is 2.51. The summed E-state index contributed by atoms with van der Waals surface area (Å²) in [5, 5.41) is 8.10. The van der Waals surface area contributed by atoms with Gasteiger partial charge in [0.2, 0.25) is 0 Å². The number of carbonyl (C=O) groups excluding carboxylic acids is 1. The van der Waals surface area contributed by atoms with Crippen molar-refractivity contribution in [3.63, 3.8) is 0 Å². The number of allylic oxidation sites excluding steroid dienone is 1. The maximum absolute atomic E-state index is 14.3. The molecule has 6 rings (SSSR count). The minimum atomic E-state index is -4.63. The molecule has 0 N–H and O–H groups in total. The maximum atomic E-state index is 14.3. The van der Waals surface area contributed by atoms with E-state index in [4.69, 9.17) is 0 Å². The van der Waals surface area contributed by atoms with Crippen molar-refractivity contribution in [3.05, 3.63) is 95.0 Å². The summed E-state index contributed by atoms with van der Waals surface area (Å²) in [4.78, 5) is 18.2. The number of pyridine rings is 1. The van der Waals surface area contributed by atoms with Crippen molar-refractivity contribution < 1.29 is 35.3 Å². The molecule has 0 saturated heterocycles. The van der Waals surface area contributed by atoms with E-state index in [2.05, 4.69) is 15.2 Å². The lowest BCUT2D eigenvalue weighted by Gasteiger charge is -2.45. The Morgan fingerprint density at radius 1 is 1.11 bits per heavy atom. The number of rotatable bonds is 7. The van der Waals surface area contributed by atoms with Gasteiger partial charge in [-0.25, -0.2) is 22.3 Å². The van der Waals surface area contributed by atoms with Crippen molar-refractivity contribution in [1.29, 1.82) is 0 Å². The molecule has 3 aromatic heterocycles. The highest BCUT2D eigenvalue weighted by Crippen LogP contribution is 2.51. The van der Waals surface area contributed by atoms with E-state index in [1.165, 1.54) is 22.5 Å². The van der Waals surface area contributed by atoms with Crippen LogP contribution in [0.2, 0.25) is 0 Å². The zero-order valence-electron chi connectivity index (χ0n) is 23.0. The van der Waals surface area contributed by atoms with Crippen LogP contribution in [0, 0.1) is 11.2 Å². The number of fused-ring (bicyclic) bond motifs is 2. The number of hydrogen-bond acceptors (Lipinski definition) is 5. The van der Waals surface area contributed by atoms with Gasteiger partial charge in [-0.1, -0.05) is 5.57 Å². The van der Waals surface area contributed by atoms with Crippen LogP contribution >= 0.6 is 0 Å². The van der Waals surface area contributed by atoms with E-state index in [1.807, 2.05) is 6.08 Å². The molecule has 0 radical (unpaired) electrons. The summed E-state index contributed by atoms with van der Waals surface area (Å²) in [6.45, 7) is -2.90. The first-order valence-electron chi connectivity index (χ1n) is 13.5. The SMILES string of the molecule is CN(C1CCC2=Cc3c(cnn3-c3ccc(F)cc3)CC2(C(=O)c2ccc(C(F)(F)F)cn2)C1)S(=O)c1ccn(C(F)F)n1. The smallest absolute Gasteiger partial charge is 0.291 e. The predicted molar refractivity (Wildman–Crippen MR) is 146 cm³/mol. The third-order valence-electron chi connectivity index (χ3n) is 8.20. The Labute approximate surface area is 249 Å². The Morgan fingerprint density at radius 3 is 2.50 bits per heavy atom. The topological polar surface area (TPSA) is 85.9 Å². The second kappa shape index (κ2) is 11.1. The van der Waals surface area contributed by atoms with E-state index < -0.39 is 52.3 Å². The molecule has 0 bridgehead atoms. The number of hydrogen-bond donors (Lipinski definition) is 0. The normalized spacial score (nSPS) is 20.8. The van der Waals surface area contributed by atoms with E-state index in [9.17, 15) is 35.3 Å². The molecule has 1 fully saturated rings. The molecule has 8 nitrogen and oxygen atoms in total. The van der Waals surface area contributed by atoms with Crippen LogP contribution in [-0.2, 0) is 23.6 Å². The van der Waals surface area contributed by atoms with Crippen molar-refractivity contribution in [2.75, 3.05) is 7.05 Å². The maximum Gasteiger partial charge on any atom is 0.417 e. The van der Waals surface area contributed by atoms with Gasteiger partial charge in [0.25, 0.3) is 0 Å². The zero-order valence-corrected chi connectivity index (χ0v) is 23.8. The van der Waals surface area contributed by atoms with Gasteiger partial charge in [-0.05, 0) is 79.8 Å². The van der Waals surface area contributed by atoms with E-state index >= 15 is 0 Å². The van der Waals surface area contributed by atoms with Crippen LogP contribution < -0.4 is 0 Å². The molecule has 2 aliphatic rings. The summed E-state index contributed by atoms with van der Waals surface area (Å²) in [6.07, 6.45) is 1.49. The fourth-order valence-electron chi connectivity index (χ4n) is 5.93. The minimum absolute atomic E-state index is 0.0783. The van der Waals surface area contributed by atoms with E-state index in [0.29, 0.717) is 46.2 Å². The number of halogens is 6. The van der Waals surface area contributed by atoms with Crippen molar-refractivity contribution in [2.45, 2.75) is 49.5 Å². The third-order valence-corrected chi connectivity index (χ3v) is 9.60. The van der Waals surface area contributed by atoms with Gasteiger partial charge in [0.05, 0.1) is 28.6 Å². The molecule has 3 atom stereocenters. The second-order valence-electron chi connectivity index (χ2n) is 10.7. The fourth-order valence-corrected chi connectivity index (χ4v) is 7.02. The number of ketones is 1. The van der Waals surface area contributed by atoms with Crippen LogP contribution in [-0.4, -0.2) is 51.9 Å². The molecule has 1 aromatic carbocycles. The van der Waals surface area contributed by atoms with Gasteiger partial charge in [-0.2, -0.15) is 32.1 Å². The van der Waals surface area contributed by atoms with Crippen molar-refractivity contribution in [1.82, 2.24) is 28.9 Å². The lowest BCUT2D eigenvalue weighted by Crippen LogP contribution is -2.48. The van der Waals surface area contributed by atoms with E-state index in [1.54, 1.807) is 30.1 Å². The van der Waals surface area contributed by atoms with Crippen molar-refractivity contribution in [2.24, 2.45) is 5.41 Å². The van der Waals surface area contributed by atoms with Crippen LogP contribution in [0.1, 0.15) is 53.1 Å². The third kappa shape index (κ3) is 5.27. The first-order valence-corrected chi connectivity index (χ1v) is 14.6. The summed E-state index contributed by atoms with van der Waals surface area (Å²) < 4.78 is 96.3. The number of benzene rings is 1. The van der Waals surface area contributed by atoms with E-state index in [-0.39, 0.29) is 23.6 Å². The van der Waals surface area contributed by atoms with Crippen LogP contribution in [0.25, 0.3) is 11.8 Å². The highest BCUT2D eigenvalue weighted by molar-refractivity contribution is 7.82.